The van der Waals surface area contributed by atoms with Crippen LogP contribution >= 0.6 is 0 Å². The highest BCUT2D eigenvalue weighted by Crippen LogP contribution is 2.24. The van der Waals surface area contributed by atoms with Gasteiger partial charge in [-0.1, -0.05) is 6.92 Å². The summed E-state index contributed by atoms with van der Waals surface area (Å²) in [6.07, 6.45) is 2.52. The van der Waals surface area contributed by atoms with E-state index in [4.69, 9.17) is 14.9 Å². The summed E-state index contributed by atoms with van der Waals surface area (Å²) >= 11 is 0. The molecule has 0 saturated heterocycles. The molecule has 1 aromatic heterocycles. The third kappa shape index (κ3) is 3.34. The number of carbonyl (C=O) groups excluding carboxylic acids is 1. The van der Waals surface area contributed by atoms with E-state index in [0.717, 1.165) is 23.4 Å². The molecule has 0 unspecified atom stereocenters. The fourth-order valence-electron chi connectivity index (χ4n) is 1.95. The molecule has 112 valence electrons. The van der Waals surface area contributed by atoms with Crippen molar-refractivity contribution in [2.75, 3.05) is 18.2 Å². The van der Waals surface area contributed by atoms with Gasteiger partial charge in [0.2, 0.25) is 5.89 Å². The van der Waals surface area contributed by atoms with E-state index in [1.807, 2.05) is 19.9 Å². The molecule has 6 nitrogen and oxygen atoms in total. The maximum Gasteiger partial charge on any atom is 0.340 e. The number of rotatable bonds is 5. The normalized spacial score (nSPS) is 10.4. The van der Waals surface area contributed by atoms with E-state index >= 15 is 0 Å². The molecule has 0 spiro atoms. The SMILES string of the molecule is CCc1cnc(CNc2cc(C)c(N)c(C(=O)OC)c2)o1. The van der Waals surface area contributed by atoms with E-state index in [-0.39, 0.29) is 0 Å². The van der Waals surface area contributed by atoms with Crippen molar-refractivity contribution in [2.45, 2.75) is 26.8 Å². The molecule has 2 rings (SSSR count). The van der Waals surface area contributed by atoms with Crippen LogP contribution in [0.5, 0.6) is 0 Å². The summed E-state index contributed by atoms with van der Waals surface area (Å²) in [6.45, 7) is 4.28. The Hall–Kier alpha value is -2.50. The van der Waals surface area contributed by atoms with Gasteiger partial charge in [0, 0.05) is 17.8 Å². The van der Waals surface area contributed by atoms with Gasteiger partial charge < -0.3 is 20.2 Å². The summed E-state index contributed by atoms with van der Waals surface area (Å²) in [7, 11) is 1.33. The van der Waals surface area contributed by atoms with Gasteiger partial charge in [-0.2, -0.15) is 0 Å². The Bertz CT molecular complexity index is 650. The van der Waals surface area contributed by atoms with Crippen molar-refractivity contribution < 1.29 is 13.9 Å². The predicted molar refractivity (Wildman–Crippen MR) is 80.1 cm³/mol. The van der Waals surface area contributed by atoms with Crippen molar-refractivity contribution >= 4 is 17.3 Å². The lowest BCUT2D eigenvalue weighted by Gasteiger charge is -2.11. The standard InChI is InChI=1S/C15H19N3O3/c1-4-11-7-18-13(21-11)8-17-10-5-9(2)14(16)12(6-10)15(19)20-3/h5-7,17H,4,8,16H2,1-3H3. The maximum atomic E-state index is 11.7. The number of aryl methyl sites for hydroxylation is 2. The number of ether oxygens (including phenoxy) is 1. The van der Waals surface area contributed by atoms with Crippen molar-refractivity contribution in [3.05, 3.63) is 41.1 Å². The van der Waals surface area contributed by atoms with Crippen molar-refractivity contribution in [1.29, 1.82) is 0 Å². The van der Waals surface area contributed by atoms with Gasteiger partial charge in [0.15, 0.2) is 0 Å². The highest BCUT2D eigenvalue weighted by atomic mass is 16.5. The third-order valence-electron chi connectivity index (χ3n) is 3.19. The second-order valence-electron chi connectivity index (χ2n) is 4.67. The Labute approximate surface area is 123 Å². The fourth-order valence-corrected chi connectivity index (χ4v) is 1.95. The molecule has 0 aliphatic heterocycles. The molecule has 21 heavy (non-hydrogen) atoms. The van der Waals surface area contributed by atoms with E-state index < -0.39 is 5.97 Å². The van der Waals surface area contributed by atoms with Crippen LogP contribution in [0.25, 0.3) is 0 Å². The summed E-state index contributed by atoms with van der Waals surface area (Å²) in [5.74, 6) is 0.986. The lowest BCUT2D eigenvalue weighted by molar-refractivity contribution is 0.0602. The van der Waals surface area contributed by atoms with Crippen LogP contribution < -0.4 is 11.1 Å². The van der Waals surface area contributed by atoms with Crippen molar-refractivity contribution in [3.63, 3.8) is 0 Å². The number of hydrogen-bond acceptors (Lipinski definition) is 6. The van der Waals surface area contributed by atoms with Crippen molar-refractivity contribution in [3.8, 4) is 0 Å². The zero-order chi connectivity index (χ0) is 15.4. The Morgan fingerprint density at radius 2 is 2.24 bits per heavy atom. The first kappa shape index (κ1) is 14.9. The van der Waals surface area contributed by atoms with Gasteiger partial charge in [0.05, 0.1) is 25.4 Å². The lowest BCUT2D eigenvalue weighted by atomic mass is 10.1. The molecule has 0 amide bonds. The molecule has 0 aliphatic rings. The summed E-state index contributed by atoms with van der Waals surface area (Å²) in [5, 5.41) is 3.17. The molecule has 0 radical (unpaired) electrons. The van der Waals surface area contributed by atoms with E-state index in [9.17, 15) is 4.79 Å². The van der Waals surface area contributed by atoms with Crippen LogP contribution in [0.2, 0.25) is 0 Å². The van der Waals surface area contributed by atoms with Crippen LogP contribution in [0.1, 0.15) is 34.5 Å². The average Bonchev–Trinajstić information content (AvgIpc) is 2.95. The summed E-state index contributed by atoms with van der Waals surface area (Å²) < 4.78 is 10.2. The molecule has 0 atom stereocenters. The van der Waals surface area contributed by atoms with Crippen LogP contribution in [0.3, 0.4) is 0 Å². The number of carbonyl (C=O) groups is 1. The molecule has 6 heteroatoms. The fraction of sp³-hybridized carbons (Fsp3) is 0.333. The topological polar surface area (TPSA) is 90.4 Å². The molecule has 0 fully saturated rings. The van der Waals surface area contributed by atoms with Crippen LogP contribution in [-0.4, -0.2) is 18.1 Å². The maximum absolute atomic E-state index is 11.7. The average molecular weight is 289 g/mol. The summed E-state index contributed by atoms with van der Waals surface area (Å²) in [5.41, 5.74) is 8.24. The Kier molecular flexibility index (Phi) is 4.47. The van der Waals surface area contributed by atoms with Gasteiger partial charge in [-0.05, 0) is 24.6 Å². The number of anilines is 2. The molecule has 1 aromatic carbocycles. The number of benzene rings is 1. The number of nitrogens with zero attached hydrogens (tertiary/aromatic N) is 1. The Morgan fingerprint density at radius 1 is 1.48 bits per heavy atom. The number of methoxy groups -OCH3 is 1. The third-order valence-corrected chi connectivity index (χ3v) is 3.19. The number of oxazole rings is 1. The molecule has 1 heterocycles. The monoisotopic (exact) mass is 289 g/mol. The zero-order valence-electron chi connectivity index (χ0n) is 12.4. The van der Waals surface area contributed by atoms with E-state index in [1.165, 1.54) is 7.11 Å². The van der Waals surface area contributed by atoms with Gasteiger partial charge in [-0.3, -0.25) is 0 Å². The van der Waals surface area contributed by atoms with Crippen molar-refractivity contribution in [1.82, 2.24) is 4.98 Å². The minimum absolute atomic E-state index is 0.349. The largest absolute Gasteiger partial charge is 0.465 e. The van der Waals surface area contributed by atoms with E-state index in [1.54, 1.807) is 12.3 Å². The number of hydrogen-bond donors (Lipinski definition) is 2. The summed E-state index contributed by atoms with van der Waals surface area (Å²) in [4.78, 5) is 15.9. The van der Waals surface area contributed by atoms with Crippen LogP contribution in [-0.2, 0) is 17.7 Å². The molecule has 0 aliphatic carbocycles. The highest BCUT2D eigenvalue weighted by Gasteiger charge is 2.13. The van der Waals surface area contributed by atoms with Crippen LogP contribution in [0, 0.1) is 6.92 Å². The van der Waals surface area contributed by atoms with Gasteiger partial charge >= 0.3 is 5.97 Å². The number of nitrogens with two attached hydrogens (primary N) is 1. The minimum atomic E-state index is -0.455. The second-order valence-corrected chi connectivity index (χ2v) is 4.67. The number of aromatic nitrogens is 1. The first-order valence-electron chi connectivity index (χ1n) is 6.71. The second kappa shape index (κ2) is 6.30. The number of nitrogen functional groups attached to an aromatic ring is 1. The molecular weight excluding hydrogens is 270 g/mol. The van der Waals surface area contributed by atoms with Crippen LogP contribution in [0.4, 0.5) is 11.4 Å². The minimum Gasteiger partial charge on any atom is -0.465 e. The first-order chi connectivity index (χ1) is 10.0. The Balaban J connectivity index is 2.16. The van der Waals surface area contributed by atoms with E-state index in [0.29, 0.717) is 23.7 Å². The number of nitrogens with one attached hydrogen (secondary N) is 1. The highest BCUT2D eigenvalue weighted by molar-refractivity contribution is 5.97. The lowest BCUT2D eigenvalue weighted by Crippen LogP contribution is -2.09. The van der Waals surface area contributed by atoms with Crippen molar-refractivity contribution in [2.24, 2.45) is 0 Å². The molecular formula is C15H19N3O3. The predicted octanol–water partition coefficient (Wildman–Crippen LogP) is 2.53. The zero-order valence-corrected chi connectivity index (χ0v) is 12.4. The molecule has 0 bridgehead atoms. The molecule has 2 aromatic rings. The first-order valence-corrected chi connectivity index (χ1v) is 6.71. The smallest absolute Gasteiger partial charge is 0.340 e. The quantitative estimate of drug-likeness (QED) is 0.649. The van der Waals surface area contributed by atoms with Gasteiger partial charge in [0.1, 0.15) is 5.76 Å². The van der Waals surface area contributed by atoms with Gasteiger partial charge in [0.25, 0.3) is 0 Å². The van der Waals surface area contributed by atoms with Gasteiger partial charge in [-0.15, -0.1) is 0 Å². The van der Waals surface area contributed by atoms with E-state index in [2.05, 4.69) is 10.3 Å². The van der Waals surface area contributed by atoms with Gasteiger partial charge in [-0.25, -0.2) is 9.78 Å². The van der Waals surface area contributed by atoms with Crippen LogP contribution in [0.15, 0.2) is 22.7 Å². The summed E-state index contributed by atoms with van der Waals surface area (Å²) in [6, 6.07) is 3.53. The molecule has 0 saturated carbocycles. The Morgan fingerprint density at radius 3 is 2.86 bits per heavy atom. The number of esters is 1. The molecule has 3 N–H and O–H groups in total.